The van der Waals surface area contributed by atoms with Crippen LogP contribution in [0, 0.1) is 0 Å². The molecule has 1 aliphatic heterocycles. The Morgan fingerprint density at radius 2 is 1.64 bits per heavy atom. The molecule has 1 aromatic heterocycles. The van der Waals surface area contributed by atoms with Gasteiger partial charge in [-0.3, -0.25) is 4.79 Å². The quantitative estimate of drug-likeness (QED) is 0.252. The molecule has 0 spiro atoms. The van der Waals surface area contributed by atoms with Crippen LogP contribution in [-0.4, -0.2) is 47.2 Å². The summed E-state index contributed by atoms with van der Waals surface area (Å²) in [7, 11) is -2.55. The van der Waals surface area contributed by atoms with Gasteiger partial charge in [0.1, 0.15) is 0 Å². The van der Waals surface area contributed by atoms with Gasteiger partial charge in [-0.1, -0.05) is 71.9 Å². The fraction of sp³-hybridized carbons (Fsp3) is 0.500. The third-order valence-corrected chi connectivity index (χ3v) is 15.7. The molecule has 1 aliphatic rings. The Morgan fingerprint density at radius 1 is 1.00 bits per heavy atom. The van der Waals surface area contributed by atoms with Gasteiger partial charge >= 0.3 is 7.05 Å². The molecule has 0 aliphatic carbocycles. The molecule has 192 valence electrons. The van der Waals surface area contributed by atoms with Crippen LogP contribution in [0.5, 0.6) is 0 Å². The highest BCUT2D eigenvalue weighted by atomic mass is 28.3. The molecule has 4 rings (SSSR count). The summed E-state index contributed by atoms with van der Waals surface area (Å²) in [6, 6.07) is 18.7. The molecule has 1 N–H and O–H groups in total. The zero-order chi connectivity index (χ0) is 26.3. The van der Waals surface area contributed by atoms with Gasteiger partial charge in [-0.15, -0.1) is 0 Å². The molecule has 1 saturated heterocycles. The summed E-state index contributed by atoms with van der Waals surface area (Å²) in [4.78, 5) is 16.3. The van der Waals surface area contributed by atoms with E-state index in [9.17, 15) is 9.82 Å². The molecule has 36 heavy (non-hydrogen) atoms. The standard InChI is InChI=1S/C30H43BN2O2Si/c1-22(2)36(23(3)4,24(5)6)32-19-16-26-20-27(14-15-28(26)32)29(34)30(17-11-18-33(30)31(7)35)21-25-12-9-8-10-13-25/h8-10,12-16,19-20,22-24,35H,11,17-18,21H2,1-7H3. The van der Waals surface area contributed by atoms with Crippen LogP contribution in [0.25, 0.3) is 10.9 Å². The maximum absolute atomic E-state index is 14.3. The van der Waals surface area contributed by atoms with Crippen molar-refractivity contribution >= 4 is 32.0 Å². The van der Waals surface area contributed by atoms with Crippen molar-refractivity contribution in [3.05, 3.63) is 71.9 Å². The third kappa shape index (κ3) is 4.31. The van der Waals surface area contributed by atoms with E-state index < -0.39 is 20.8 Å². The molecule has 1 unspecified atom stereocenters. The van der Waals surface area contributed by atoms with Gasteiger partial charge in [0.05, 0.1) is 5.54 Å². The topological polar surface area (TPSA) is 45.5 Å². The minimum absolute atomic E-state index is 0.125. The highest BCUT2D eigenvalue weighted by molar-refractivity contribution is 6.82. The molecule has 2 heterocycles. The maximum atomic E-state index is 14.3. The summed E-state index contributed by atoms with van der Waals surface area (Å²) in [6.07, 6.45) is 4.56. The second-order valence-corrected chi connectivity index (χ2v) is 17.5. The molecule has 0 bridgehead atoms. The van der Waals surface area contributed by atoms with Gasteiger partial charge in [0, 0.05) is 11.1 Å². The number of hydrogen-bond donors (Lipinski definition) is 1. The van der Waals surface area contributed by atoms with Gasteiger partial charge in [-0.2, -0.15) is 0 Å². The lowest BCUT2D eigenvalue weighted by Gasteiger charge is -2.44. The molecule has 0 saturated carbocycles. The largest absolute Gasteiger partial charge is 0.437 e. The van der Waals surface area contributed by atoms with Crippen molar-refractivity contribution < 1.29 is 9.82 Å². The van der Waals surface area contributed by atoms with Crippen LogP contribution in [0.15, 0.2) is 60.8 Å². The van der Waals surface area contributed by atoms with Crippen LogP contribution in [0.2, 0.25) is 23.4 Å². The van der Waals surface area contributed by atoms with Crippen molar-refractivity contribution in [3.8, 4) is 0 Å². The van der Waals surface area contributed by atoms with E-state index in [1.165, 1.54) is 5.52 Å². The summed E-state index contributed by atoms with van der Waals surface area (Å²) in [5.41, 5.74) is 4.19. The highest BCUT2D eigenvalue weighted by Gasteiger charge is 2.50. The first-order valence-electron chi connectivity index (χ1n) is 13.7. The lowest BCUT2D eigenvalue weighted by molar-refractivity contribution is 0.0769. The number of Topliss-reactive ketones (excluding diaryl/α,β-unsaturated/α-hetero) is 1. The highest BCUT2D eigenvalue weighted by Crippen LogP contribution is 2.44. The van der Waals surface area contributed by atoms with E-state index in [0.717, 1.165) is 35.9 Å². The number of ketones is 1. The fourth-order valence-corrected chi connectivity index (χ4v) is 14.2. The molecule has 4 nitrogen and oxygen atoms in total. The number of carbonyl (C=O) groups is 1. The van der Waals surface area contributed by atoms with E-state index >= 15 is 0 Å². The molecule has 3 aromatic rings. The third-order valence-electron chi connectivity index (χ3n) is 8.90. The van der Waals surface area contributed by atoms with E-state index in [2.05, 4.69) is 82.3 Å². The fourth-order valence-electron chi connectivity index (χ4n) is 7.62. The maximum Gasteiger partial charge on any atom is 0.377 e. The number of rotatable bonds is 9. The summed E-state index contributed by atoms with van der Waals surface area (Å²) in [6.45, 7) is 16.8. The van der Waals surface area contributed by atoms with Gasteiger partial charge in [-0.05, 0) is 90.7 Å². The molecule has 1 atom stereocenters. The van der Waals surface area contributed by atoms with Crippen LogP contribution < -0.4 is 0 Å². The first kappa shape index (κ1) is 26.9. The predicted octanol–water partition coefficient (Wildman–Crippen LogP) is 7.04. The first-order chi connectivity index (χ1) is 17.1. The average Bonchev–Trinajstić information content (AvgIpc) is 3.44. The van der Waals surface area contributed by atoms with Gasteiger partial charge < -0.3 is 14.1 Å². The lowest BCUT2D eigenvalue weighted by Crippen LogP contribution is -2.57. The van der Waals surface area contributed by atoms with Crippen LogP contribution in [0.4, 0.5) is 0 Å². The Balaban J connectivity index is 1.80. The number of aromatic nitrogens is 1. The minimum atomic E-state index is -1.89. The van der Waals surface area contributed by atoms with Crippen LogP contribution >= 0.6 is 0 Å². The lowest BCUT2D eigenvalue weighted by atomic mass is 9.73. The second-order valence-electron chi connectivity index (χ2n) is 11.8. The zero-order valence-corrected chi connectivity index (χ0v) is 24.2. The molecule has 6 heteroatoms. The predicted molar refractivity (Wildman–Crippen MR) is 155 cm³/mol. The summed E-state index contributed by atoms with van der Waals surface area (Å²) in [5, 5.41) is 11.8. The second kappa shape index (κ2) is 10.3. The van der Waals surface area contributed by atoms with Gasteiger partial charge in [0.2, 0.25) is 0 Å². The van der Waals surface area contributed by atoms with E-state index in [1.807, 2.05) is 29.1 Å². The number of carbonyl (C=O) groups excluding carboxylic acids is 1. The first-order valence-corrected chi connectivity index (χ1v) is 15.9. The molecule has 1 fully saturated rings. The van der Waals surface area contributed by atoms with Gasteiger partial charge in [0.25, 0.3) is 0 Å². The normalized spacial score (nSPS) is 19.2. The van der Waals surface area contributed by atoms with E-state index in [4.69, 9.17) is 0 Å². The van der Waals surface area contributed by atoms with Crippen molar-refractivity contribution in [3.63, 3.8) is 0 Å². The van der Waals surface area contributed by atoms with Gasteiger partial charge in [0.15, 0.2) is 14.0 Å². The Morgan fingerprint density at radius 3 is 2.22 bits per heavy atom. The summed E-state index contributed by atoms with van der Waals surface area (Å²) < 4.78 is 2.61. The van der Waals surface area contributed by atoms with Crippen molar-refractivity contribution in [1.82, 2.24) is 9.04 Å². The SMILES string of the molecule is CB(O)N1CCCC1(Cc1ccccc1)C(=O)c1ccc2c(ccn2[Si](C(C)C)(C(C)C)C(C)C)c1. The number of fused-ring (bicyclic) bond motifs is 1. The minimum Gasteiger partial charge on any atom is -0.437 e. The molecular weight excluding hydrogens is 459 g/mol. The van der Waals surface area contributed by atoms with Crippen molar-refractivity contribution in [1.29, 1.82) is 0 Å². The Labute approximate surface area is 218 Å². The number of benzene rings is 2. The van der Waals surface area contributed by atoms with E-state index in [0.29, 0.717) is 23.0 Å². The Hall–Kier alpha value is -2.15. The number of hydrogen-bond acceptors (Lipinski definition) is 3. The molecule has 0 amide bonds. The molecular formula is C30H43BN2O2Si. The molecule has 2 aromatic carbocycles. The number of nitrogens with zero attached hydrogens (tertiary/aromatic N) is 2. The summed E-state index contributed by atoms with van der Waals surface area (Å²) in [5.74, 6) is 0.125. The van der Waals surface area contributed by atoms with E-state index in [1.54, 1.807) is 6.82 Å². The zero-order valence-electron chi connectivity index (χ0n) is 23.2. The van der Waals surface area contributed by atoms with Crippen LogP contribution in [0.1, 0.15) is 70.3 Å². The summed E-state index contributed by atoms with van der Waals surface area (Å²) >= 11 is 0. The van der Waals surface area contributed by atoms with Crippen molar-refractivity contribution in [2.24, 2.45) is 0 Å². The smallest absolute Gasteiger partial charge is 0.377 e. The van der Waals surface area contributed by atoms with Crippen molar-refractivity contribution in [2.45, 2.75) is 89.8 Å². The molecule has 0 radical (unpaired) electrons. The average molecular weight is 503 g/mol. The van der Waals surface area contributed by atoms with Gasteiger partial charge in [-0.25, -0.2) is 0 Å². The van der Waals surface area contributed by atoms with Crippen LogP contribution in [-0.2, 0) is 6.42 Å². The monoisotopic (exact) mass is 502 g/mol. The van der Waals surface area contributed by atoms with Crippen molar-refractivity contribution in [2.75, 3.05) is 6.54 Å². The Bertz CT molecular complexity index is 1180. The van der Waals surface area contributed by atoms with E-state index in [-0.39, 0.29) is 5.78 Å². The van der Waals surface area contributed by atoms with Crippen LogP contribution in [0.3, 0.4) is 0 Å². The Kier molecular flexibility index (Phi) is 7.71.